The van der Waals surface area contributed by atoms with Crippen molar-refractivity contribution in [2.24, 2.45) is 0 Å². The van der Waals surface area contributed by atoms with Crippen LogP contribution in [0.4, 0.5) is 5.69 Å². The van der Waals surface area contributed by atoms with E-state index in [9.17, 15) is 13.2 Å². The monoisotopic (exact) mass is 392 g/mol. The zero-order chi connectivity index (χ0) is 19.1. The lowest BCUT2D eigenvalue weighted by atomic mass is 10.0. The van der Waals surface area contributed by atoms with Gasteiger partial charge in [-0.25, -0.2) is 8.42 Å². The average molecular weight is 393 g/mol. The number of amides is 1. The lowest BCUT2D eigenvalue weighted by Gasteiger charge is -2.22. The molecule has 2 aromatic rings. The fourth-order valence-electron chi connectivity index (χ4n) is 3.43. The predicted octanol–water partition coefficient (Wildman–Crippen LogP) is 3.54. The second kappa shape index (κ2) is 6.93. The van der Waals surface area contributed by atoms with Crippen LogP contribution in [0.25, 0.3) is 0 Å². The minimum atomic E-state index is -3.34. The van der Waals surface area contributed by atoms with Crippen LogP contribution in [0.15, 0.2) is 42.5 Å². The van der Waals surface area contributed by atoms with E-state index in [1.54, 1.807) is 24.3 Å². The van der Waals surface area contributed by atoms with Gasteiger partial charge in [-0.3, -0.25) is 9.10 Å². The molecule has 0 fully saturated rings. The third kappa shape index (κ3) is 3.57. The van der Waals surface area contributed by atoms with Crippen molar-refractivity contribution < 1.29 is 13.2 Å². The molecule has 138 valence electrons. The summed E-state index contributed by atoms with van der Waals surface area (Å²) in [6, 6.07) is 12.1. The van der Waals surface area contributed by atoms with Gasteiger partial charge in [0.05, 0.1) is 18.0 Å². The number of halogens is 1. The Morgan fingerprint density at radius 3 is 2.62 bits per heavy atom. The number of sulfonamides is 1. The molecule has 2 atom stereocenters. The Morgan fingerprint density at radius 2 is 1.96 bits per heavy atom. The summed E-state index contributed by atoms with van der Waals surface area (Å²) in [4.78, 5) is 12.6. The molecule has 26 heavy (non-hydrogen) atoms. The summed E-state index contributed by atoms with van der Waals surface area (Å²) in [5, 5.41) is 3.55. The van der Waals surface area contributed by atoms with Crippen molar-refractivity contribution in [3.05, 3.63) is 64.2 Å². The van der Waals surface area contributed by atoms with E-state index in [1.807, 2.05) is 32.0 Å². The van der Waals surface area contributed by atoms with Crippen LogP contribution in [0.5, 0.6) is 0 Å². The number of carbonyl (C=O) groups excluding carboxylic acids is 1. The molecule has 1 N–H and O–H groups in total. The molecule has 2 aromatic carbocycles. The zero-order valence-corrected chi connectivity index (χ0v) is 16.4. The molecule has 0 spiro atoms. The minimum Gasteiger partial charge on any atom is -0.345 e. The van der Waals surface area contributed by atoms with Gasteiger partial charge in [-0.2, -0.15) is 0 Å². The summed E-state index contributed by atoms with van der Waals surface area (Å²) in [5.74, 6) is -0.217. The topological polar surface area (TPSA) is 66.5 Å². The van der Waals surface area contributed by atoms with Crippen molar-refractivity contribution in [3.8, 4) is 0 Å². The highest BCUT2D eigenvalue weighted by Gasteiger charge is 2.32. The van der Waals surface area contributed by atoms with E-state index in [0.29, 0.717) is 22.7 Å². The van der Waals surface area contributed by atoms with Gasteiger partial charge in [0, 0.05) is 16.6 Å². The largest absolute Gasteiger partial charge is 0.345 e. The number of rotatable bonds is 4. The van der Waals surface area contributed by atoms with Gasteiger partial charge < -0.3 is 5.32 Å². The normalized spacial score (nSPS) is 17.7. The first-order valence-electron chi connectivity index (χ1n) is 8.36. The molecule has 0 bridgehead atoms. The Bertz CT molecular complexity index is 959. The third-order valence-corrected chi connectivity index (χ3v) is 6.19. The van der Waals surface area contributed by atoms with E-state index in [4.69, 9.17) is 11.6 Å². The van der Waals surface area contributed by atoms with Crippen LogP contribution >= 0.6 is 11.6 Å². The maximum Gasteiger partial charge on any atom is 0.251 e. The molecular weight excluding hydrogens is 372 g/mol. The van der Waals surface area contributed by atoms with E-state index in [1.165, 1.54) is 10.6 Å². The van der Waals surface area contributed by atoms with Gasteiger partial charge in [-0.1, -0.05) is 29.8 Å². The minimum absolute atomic E-state index is 0.152. The molecule has 0 aromatic heterocycles. The fourth-order valence-corrected chi connectivity index (χ4v) is 5.00. The molecule has 1 amide bonds. The lowest BCUT2D eigenvalue weighted by Crippen LogP contribution is -2.34. The van der Waals surface area contributed by atoms with Crippen LogP contribution in [0, 0.1) is 0 Å². The molecule has 5 nitrogen and oxygen atoms in total. The van der Waals surface area contributed by atoms with Gasteiger partial charge in [-0.05, 0) is 55.7 Å². The Kier molecular flexibility index (Phi) is 4.99. The molecule has 1 aliphatic rings. The first-order valence-corrected chi connectivity index (χ1v) is 10.6. The summed E-state index contributed by atoms with van der Waals surface area (Å²) < 4.78 is 25.4. The molecule has 7 heteroatoms. The van der Waals surface area contributed by atoms with Crippen LogP contribution in [0.2, 0.25) is 5.02 Å². The van der Waals surface area contributed by atoms with E-state index in [-0.39, 0.29) is 18.0 Å². The number of carbonyl (C=O) groups is 1. The maximum absolute atomic E-state index is 12.6. The van der Waals surface area contributed by atoms with Crippen molar-refractivity contribution in [1.82, 2.24) is 5.32 Å². The maximum atomic E-state index is 12.6. The van der Waals surface area contributed by atoms with E-state index < -0.39 is 10.0 Å². The number of nitrogens with zero attached hydrogens (tertiary/aromatic N) is 1. The summed E-state index contributed by atoms with van der Waals surface area (Å²) in [6.07, 6.45) is 1.79. The SMILES string of the molecule is C[C@H](NC(=O)c1ccc2c(c1)C[C@H](C)N2S(C)(=O)=O)c1ccccc1Cl. The number of anilines is 1. The molecular formula is C19H21ClN2O3S. The van der Waals surface area contributed by atoms with Gasteiger partial charge in [0.1, 0.15) is 0 Å². The van der Waals surface area contributed by atoms with Gasteiger partial charge >= 0.3 is 0 Å². The van der Waals surface area contributed by atoms with Crippen molar-refractivity contribution in [2.45, 2.75) is 32.4 Å². The third-order valence-electron chi connectivity index (χ3n) is 4.57. The van der Waals surface area contributed by atoms with Crippen LogP contribution < -0.4 is 9.62 Å². The van der Waals surface area contributed by atoms with Crippen molar-refractivity contribution >= 4 is 33.2 Å². The first-order chi connectivity index (χ1) is 12.2. The summed E-state index contributed by atoms with van der Waals surface area (Å²) in [6.45, 7) is 3.74. The Labute approximate surface area is 159 Å². The van der Waals surface area contributed by atoms with E-state index in [0.717, 1.165) is 11.1 Å². The Morgan fingerprint density at radius 1 is 1.27 bits per heavy atom. The fraction of sp³-hybridized carbons (Fsp3) is 0.316. The predicted molar refractivity (Wildman–Crippen MR) is 104 cm³/mol. The smallest absolute Gasteiger partial charge is 0.251 e. The van der Waals surface area contributed by atoms with E-state index in [2.05, 4.69) is 5.32 Å². The molecule has 0 saturated carbocycles. The van der Waals surface area contributed by atoms with Crippen LogP contribution in [-0.4, -0.2) is 26.6 Å². The molecule has 0 radical (unpaired) electrons. The second-order valence-electron chi connectivity index (χ2n) is 6.67. The Balaban J connectivity index is 1.82. The highest BCUT2D eigenvalue weighted by atomic mass is 35.5. The van der Waals surface area contributed by atoms with Gasteiger partial charge in [0.15, 0.2) is 0 Å². The number of hydrogen-bond donors (Lipinski definition) is 1. The molecule has 0 aliphatic carbocycles. The van der Waals surface area contributed by atoms with E-state index >= 15 is 0 Å². The number of fused-ring (bicyclic) bond motifs is 1. The number of benzene rings is 2. The van der Waals surface area contributed by atoms with Crippen molar-refractivity contribution in [1.29, 1.82) is 0 Å². The lowest BCUT2D eigenvalue weighted by molar-refractivity contribution is 0.0940. The quantitative estimate of drug-likeness (QED) is 0.865. The summed E-state index contributed by atoms with van der Waals surface area (Å²) in [7, 11) is -3.34. The van der Waals surface area contributed by atoms with Crippen LogP contribution in [-0.2, 0) is 16.4 Å². The van der Waals surface area contributed by atoms with Crippen LogP contribution in [0.3, 0.4) is 0 Å². The van der Waals surface area contributed by atoms with Crippen molar-refractivity contribution in [2.75, 3.05) is 10.6 Å². The highest BCUT2D eigenvalue weighted by molar-refractivity contribution is 7.92. The van der Waals surface area contributed by atoms with Gasteiger partial charge in [0.25, 0.3) is 5.91 Å². The Hall–Kier alpha value is -2.05. The zero-order valence-electron chi connectivity index (χ0n) is 14.9. The van der Waals surface area contributed by atoms with Crippen LogP contribution in [0.1, 0.15) is 41.4 Å². The van der Waals surface area contributed by atoms with Crippen molar-refractivity contribution in [3.63, 3.8) is 0 Å². The average Bonchev–Trinajstić information content (AvgIpc) is 2.89. The molecule has 0 saturated heterocycles. The standard InChI is InChI=1S/C19H21ClN2O3S/c1-12-10-15-11-14(8-9-18(15)22(12)26(3,24)25)19(23)21-13(2)16-6-4-5-7-17(16)20/h4-9,11-13H,10H2,1-3H3,(H,21,23)/t12-,13-/m0/s1. The highest BCUT2D eigenvalue weighted by Crippen LogP contribution is 2.34. The van der Waals surface area contributed by atoms with Gasteiger partial charge in [0.2, 0.25) is 10.0 Å². The van der Waals surface area contributed by atoms with Gasteiger partial charge in [-0.15, -0.1) is 0 Å². The summed E-state index contributed by atoms with van der Waals surface area (Å²) >= 11 is 6.19. The molecule has 0 unspecified atom stereocenters. The number of nitrogens with one attached hydrogen (secondary N) is 1. The second-order valence-corrected chi connectivity index (χ2v) is 8.94. The molecule has 3 rings (SSSR count). The molecule has 1 heterocycles. The summed E-state index contributed by atoms with van der Waals surface area (Å²) in [5.41, 5.74) is 2.86. The first kappa shape index (κ1) is 18.7. The molecule has 1 aliphatic heterocycles. The number of hydrogen-bond acceptors (Lipinski definition) is 3.